The van der Waals surface area contributed by atoms with E-state index in [0.29, 0.717) is 11.0 Å². The molecule has 5 nitrogen and oxygen atoms in total. The highest BCUT2D eigenvalue weighted by atomic mass is 16.3. The van der Waals surface area contributed by atoms with Crippen LogP contribution in [0.1, 0.15) is 78.8 Å². The van der Waals surface area contributed by atoms with Gasteiger partial charge in [-0.25, -0.2) is 0 Å². The molecule has 0 bridgehead atoms. The molecule has 4 rings (SSSR count). The predicted molar refractivity (Wildman–Crippen MR) is 140 cm³/mol. The monoisotopic (exact) mass is 474 g/mol. The Labute approximate surface area is 209 Å². The summed E-state index contributed by atoms with van der Waals surface area (Å²) in [6.07, 6.45) is 5.67. The van der Waals surface area contributed by atoms with E-state index < -0.39 is 6.61 Å². The van der Waals surface area contributed by atoms with Gasteiger partial charge in [0.25, 0.3) is 5.91 Å². The van der Waals surface area contributed by atoms with Gasteiger partial charge in [-0.1, -0.05) is 56.3 Å². The largest absolute Gasteiger partial charge is 0.388 e. The summed E-state index contributed by atoms with van der Waals surface area (Å²) in [6.45, 7) is 10.8. The molecule has 1 aliphatic heterocycles. The van der Waals surface area contributed by atoms with Gasteiger partial charge < -0.3 is 10.0 Å². The summed E-state index contributed by atoms with van der Waals surface area (Å²) in [5.74, 6) is -0.159. The van der Waals surface area contributed by atoms with Crippen molar-refractivity contribution in [2.45, 2.75) is 65.6 Å². The van der Waals surface area contributed by atoms with E-state index in [1.165, 1.54) is 17.6 Å². The Balaban J connectivity index is 1.42. The fraction of sp³-hybridized carbons (Fsp3) is 0.467. The summed E-state index contributed by atoms with van der Waals surface area (Å²) >= 11 is 0. The molecule has 0 aromatic heterocycles. The van der Waals surface area contributed by atoms with Gasteiger partial charge in [0.05, 0.1) is 0 Å². The summed E-state index contributed by atoms with van der Waals surface area (Å²) < 4.78 is 0. The highest BCUT2D eigenvalue weighted by molar-refractivity contribution is 5.97. The maximum Gasteiger partial charge on any atom is 0.254 e. The van der Waals surface area contributed by atoms with Crippen LogP contribution in [-0.4, -0.2) is 58.4 Å². The van der Waals surface area contributed by atoms with E-state index in [1.807, 2.05) is 29.2 Å². The summed E-state index contributed by atoms with van der Waals surface area (Å²) in [6, 6.07) is 15.8. The van der Waals surface area contributed by atoms with E-state index in [-0.39, 0.29) is 23.8 Å². The molecule has 2 aromatic carbocycles. The van der Waals surface area contributed by atoms with Crippen molar-refractivity contribution in [3.8, 4) is 0 Å². The smallest absolute Gasteiger partial charge is 0.254 e. The van der Waals surface area contributed by atoms with Crippen LogP contribution < -0.4 is 0 Å². The van der Waals surface area contributed by atoms with Crippen molar-refractivity contribution in [2.75, 3.05) is 19.7 Å². The Hall–Kier alpha value is -2.76. The highest BCUT2D eigenvalue weighted by Crippen LogP contribution is 2.38. The lowest BCUT2D eigenvalue weighted by Gasteiger charge is -2.44. The maximum absolute atomic E-state index is 13.6. The first-order valence-corrected chi connectivity index (χ1v) is 12.7. The fourth-order valence-electron chi connectivity index (χ4n) is 5.45. The van der Waals surface area contributed by atoms with Gasteiger partial charge in [0, 0.05) is 42.8 Å². The van der Waals surface area contributed by atoms with Crippen molar-refractivity contribution < 1.29 is 14.7 Å². The highest BCUT2D eigenvalue weighted by Gasteiger charge is 2.33. The first-order valence-electron chi connectivity index (χ1n) is 12.7. The number of carbonyl (C=O) groups is 2. The number of benzene rings is 2. The molecule has 0 saturated carbocycles. The van der Waals surface area contributed by atoms with Crippen molar-refractivity contribution in [1.82, 2.24) is 9.80 Å². The Morgan fingerprint density at radius 2 is 1.69 bits per heavy atom. The lowest BCUT2D eigenvalue weighted by molar-refractivity contribution is 0.0268. The number of rotatable bonds is 6. The zero-order valence-electron chi connectivity index (χ0n) is 21.5. The summed E-state index contributed by atoms with van der Waals surface area (Å²) in [7, 11) is 0. The number of Topliss-reactive ketones (excluding diaryl/α,β-unsaturated/α-hetero) is 1. The number of nitrogens with zero attached hydrogens (tertiary/aromatic N) is 2. The van der Waals surface area contributed by atoms with Gasteiger partial charge >= 0.3 is 0 Å². The summed E-state index contributed by atoms with van der Waals surface area (Å²) in [5, 5.41) is 9.04. The molecule has 1 heterocycles. The molecule has 186 valence electrons. The maximum atomic E-state index is 13.6. The van der Waals surface area contributed by atoms with E-state index in [0.717, 1.165) is 43.6 Å². The number of allylic oxidation sites excluding steroid dienone is 2. The average molecular weight is 475 g/mol. The molecular formula is C30H38N2O3. The Morgan fingerprint density at radius 1 is 1.00 bits per heavy atom. The van der Waals surface area contributed by atoms with Gasteiger partial charge in [0.15, 0.2) is 5.78 Å². The molecule has 1 saturated heterocycles. The van der Waals surface area contributed by atoms with Crippen LogP contribution >= 0.6 is 0 Å². The number of aliphatic hydroxyl groups excluding tert-OH is 1. The van der Waals surface area contributed by atoms with Gasteiger partial charge in [0.1, 0.15) is 6.61 Å². The molecule has 0 spiro atoms. The zero-order valence-corrected chi connectivity index (χ0v) is 21.5. The molecule has 0 radical (unpaired) electrons. The molecule has 2 aromatic rings. The molecule has 1 fully saturated rings. The van der Waals surface area contributed by atoms with Crippen LogP contribution in [0.4, 0.5) is 0 Å². The molecule has 1 N–H and O–H groups in total. The predicted octanol–water partition coefficient (Wildman–Crippen LogP) is 5.19. The molecule has 35 heavy (non-hydrogen) atoms. The molecule has 2 aliphatic rings. The number of ketones is 1. The number of hydrogen-bond donors (Lipinski definition) is 1. The van der Waals surface area contributed by atoms with E-state index >= 15 is 0 Å². The third kappa shape index (κ3) is 5.91. The van der Waals surface area contributed by atoms with Crippen molar-refractivity contribution in [2.24, 2.45) is 5.41 Å². The van der Waals surface area contributed by atoms with E-state index in [1.54, 1.807) is 12.1 Å². The Bertz CT molecular complexity index is 1090. The van der Waals surface area contributed by atoms with Crippen molar-refractivity contribution >= 4 is 17.3 Å². The first kappa shape index (κ1) is 25.3. The average Bonchev–Trinajstić information content (AvgIpc) is 2.83. The second kappa shape index (κ2) is 10.5. The molecule has 0 unspecified atom stereocenters. The number of aliphatic hydroxyl groups is 1. The van der Waals surface area contributed by atoms with E-state index in [2.05, 4.69) is 50.8 Å². The second-order valence-electron chi connectivity index (χ2n) is 11.1. The lowest BCUT2D eigenvalue weighted by Crippen LogP contribution is -2.58. The number of carbonyl (C=O) groups excluding carboxylic acids is 2. The van der Waals surface area contributed by atoms with Gasteiger partial charge in [0.2, 0.25) is 0 Å². The minimum absolute atomic E-state index is 0.0971. The minimum atomic E-state index is -0.469. The van der Waals surface area contributed by atoms with Gasteiger partial charge in [-0.05, 0) is 67.4 Å². The van der Waals surface area contributed by atoms with E-state index in [4.69, 9.17) is 5.11 Å². The van der Waals surface area contributed by atoms with Crippen LogP contribution in [0.5, 0.6) is 0 Å². The molecular weight excluding hydrogens is 436 g/mol. The second-order valence-corrected chi connectivity index (χ2v) is 11.1. The third-order valence-corrected chi connectivity index (χ3v) is 7.51. The van der Waals surface area contributed by atoms with Gasteiger partial charge in [-0.3, -0.25) is 14.5 Å². The van der Waals surface area contributed by atoms with Crippen molar-refractivity contribution in [1.29, 1.82) is 0 Å². The number of amides is 1. The van der Waals surface area contributed by atoms with Crippen molar-refractivity contribution in [3.05, 3.63) is 76.9 Å². The summed E-state index contributed by atoms with van der Waals surface area (Å²) in [4.78, 5) is 29.6. The van der Waals surface area contributed by atoms with Crippen LogP contribution in [0.3, 0.4) is 0 Å². The Morgan fingerprint density at radius 3 is 2.29 bits per heavy atom. The first-order chi connectivity index (χ1) is 16.7. The molecule has 1 aliphatic carbocycles. The Kier molecular flexibility index (Phi) is 7.58. The van der Waals surface area contributed by atoms with Gasteiger partial charge in [-0.2, -0.15) is 0 Å². The van der Waals surface area contributed by atoms with Crippen LogP contribution in [0.25, 0.3) is 5.57 Å². The molecule has 2 atom stereocenters. The van der Waals surface area contributed by atoms with Crippen molar-refractivity contribution in [3.63, 3.8) is 0 Å². The fourth-order valence-corrected chi connectivity index (χ4v) is 5.45. The van der Waals surface area contributed by atoms with E-state index in [9.17, 15) is 9.59 Å². The standard InChI is InChI=1S/C30H38N2O3/c1-21-17-31(19-23-8-10-25(11-9-23)28(34)20-33)18-22(2)32(21)29(35)27-7-5-6-26(16-27)24-12-14-30(3,4)15-13-24/h5-12,16,21-22,33H,13-15,17-20H2,1-4H3/t21-,22+. The lowest BCUT2D eigenvalue weighted by atomic mass is 9.77. The molecule has 1 amide bonds. The van der Waals surface area contributed by atoms with Crippen LogP contribution in [-0.2, 0) is 6.54 Å². The summed E-state index contributed by atoms with van der Waals surface area (Å²) in [5.41, 5.74) is 5.31. The SMILES string of the molecule is C[C@@H]1CN(Cc2ccc(C(=O)CO)cc2)C[C@H](C)N1C(=O)c1cccc(C2=CCC(C)(C)CC2)c1. The normalized spacial score (nSPS) is 22.5. The minimum Gasteiger partial charge on any atom is -0.388 e. The van der Waals surface area contributed by atoms with Gasteiger partial charge in [-0.15, -0.1) is 0 Å². The topological polar surface area (TPSA) is 60.9 Å². The zero-order chi connectivity index (χ0) is 25.2. The van der Waals surface area contributed by atoms with Crippen LogP contribution in [0, 0.1) is 5.41 Å². The quantitative estimate of drug-likeness (QED) is 0.586. The molecule has 5 heteroatoms. The number of piperazine rings is 1. The third-order valence-electron chi connectivity index (χ3n) is 7.51. The van der Waals surface area contributed by atoms with Crippen LogP contribution in [0.15, 0.2) is 54.6 Å². The number of hydrogen-bond acceptors (Lipinski definition) is 4. The van der Waals surface area contributed by atoms with Crippen LogP contribution in [0.2, 0.25) is 0 Å².